The summed E-state index contributed by atoms with van der Waals surface area (Å²) in [6.07, 6.45) is -4.33. The summed E-state index contributed by atoms with van der Waals surface area (Å²) in [6.45, 7) is 1.13. The summed E-state index contributed by atoms with van der Waals surface area (Å²) in [5, 5.41) is 11.8. The van der Waals surface area contributed by atoms with Crippen molar-refractivity contribution in [3.63, 3.8) is 0 Å². The Hall–Kier alpha value is -3.12. The van der Waals surface area contributed by atoms with Gasteiger partial charge in [-0.25, -0.2) is 4.98 Å². The minimum Gasteiger partial charge on any atom is -0.373 e. The maximum atomic E-state index is 13.1. The van der Waals surface area contributed by atoms with Gasteiger partial charge in [-0.1, -0.05) is 66.7 Å². The smallest absolute Gasteiger partial charge is 0.373 e. The van der Waals surface area contributed by atoms with Crippen LogP contribution in [-0.4, -0.2) is 21.3 Å². The van der Waals surface area contributed by atoms with Gasteiger partial charge in [0, 0.05) is 0 Å². The Labute approximate surface area is 165 Å². The van der Waals surface area contributed by atoms with E-state index < -0.39 is 17.7 Å². The number of nitrogens with one attached hydrogen (secondary N) is 1. The van der Waals surface area contributed by atoms with Crippen molar-refractivity contribution in [3.8, 4) is 0 Å². The Balaban J connectivity index is 1.88. The topological polar surface area (TPSA) is 48.9 Å². The molecule has 3 aromatic carbocycles. The monoisotopic (exact) mass is 396 g/mol. The second-order valence-electron chi connectivity index (χ2n) is 7.07. The lowest BCUT2D eigenvalue weighted by molar-refractivity contribution is -0.146. The number of fused-ring (bicyclic) bond motifs is 1. The van der Waals surface area contributed by atoms with Crippen molar-refractivity contribution in [2.75, 3.05) is 0 Å². The van der Waals surface area contributed by atoms with E-state index in [0.717, 1.165) is 6.92 Å². The highest BCUT2D eigenvalue weighted by atomic mass is 19.4. The van der Waals surface area contributed by atoms with Gasteiger partial charge >= 0.3 is 6.18 Å². The molecule has 2 N–H and O–H groups in total. The quantitative estimate of drug-likeness (QED) is 0.478. The van der Waals surface area contributed by atoms with E-state index in [1.807, 2.05) is 36.4 Å². The number of rotatable bonds is 4. The van der Waals surface area contributed by atoms with Crippen LogP contribution in [0.5, 0.6) is 0 Å². The van der Waals surface area contributed by atoms with E-state index in [-0.39, 0.29) is 11.4 Å². The third-order valence-electron chi connectivity index (χ3n) is 5.22. The zero-order valence-corrected chi connectivity index (χ0v) is 15.6. The first kappa shape index (κ1) is 19.2. The second-order valence-corrected chi connectivity index (χ2v) is 7.07. The highest BCUT2D eigenvalue weighted by Crippen LogP contribution is 2.38. The van der Waals surface area contributed by atoms with Crippen molar-refractivity contribution < 1.29 is 18.3 Å². The summed E-state index contributed by atoms with van der Waals surface area (Å²) in [5.41, 5.74) is 0.714. The van der Waals surface area contributed by atoms with Crippen molar-refractivity contribution in [2.24, 2.45) is 0 Å². The Bertz CT molecular complexity index is 1080. The van der Waals surface area contributed by atoms with E-state index in [1.165, 1.54) is 12.1 Å². The van der Waals surface area contributed by atoms with Crippen LogP contribution in [0.1, 0.15) is 35.4 Å². The third-order valence-corrected chi connectivity index (χ3v) is 5.22. The highest BCUT2D eigenvalue weighted by Gasteiger charge is 2.38. The van der Waals surface area contributed by atoms with Crippen LogP contribution in [-0.2, 0) is 5.60 Å². The SMILES string of the molecule is CC(c1ccc2nc(C(O)(c3ccccc3)c3ccccc3)[nH]c2c1)C(F)(F)F. The molecular weight excluding hydrogens is 377 g/mol. The van der Waals surface area contributed by atoms with Crippen LogP contribution < -0.4 is 0 Å². The largest absolute Gasteiger partial charge is 0.395 e. The van der Waals surface area contributed by atoms with Crippen LogP contribution in [0.15, 0.2) is 78.9 Å². The number of hydrogen-bond acceptors (Lipinski definition) is 2. The summed E-state index contributed by atoms with van der Waals surface area (Å²) in [7, 11) is 0. The molecule has 0 aliphatic heterocycles. The van der Waals surface area contributed by atoms with Gasteiger partial charge in [-0.15, -0.1) is 0 Å². The molecule has 4 aromatic rings. The molecule has 1 aromatic heterocycles. The maximum Gasteiger partial charge on any atom is 0.395 e. The molecule has 29 heavy (non-hydrogen) atoms. The molecule has 6 heteroatoms. The Morgan fingerprint density at radius 3 is 1.93 bits per heavy atom. The third kappa shape index (κ3) is 3.40. The van der Waals surface area contributed by atoms with Crippen LogP contribution in [0, 0.1) is 0 Å². The fourth-order valence-corrected chi connectivity index (χ4v) is 3.46. The highest BCUT2D eigenvalue weighted by molar-refractivity contribution is 5.76. The van der Waals surface area contributed by atoms with E-state index in [4.69, 9.17) is 0 Å². The lowest BCUT2D eigenvalue weighted by Gasteiger charge is -2.27. The van der Waals surface area contributed by atoms with Gasteiger partial charge in [0.15, 0.2) is 5.60 Å². The number of benzene rings is 3. The van der Waals surface area contributed by atoms with Gasteiger partial charge in [-0.2, -0.15) is 13.2 Å². The molecule has 148 valence electrons. The molecule has 0 aliphatic carbocycles. The van der Waals surface area contributed by atoms with Crippen molar-refractivity contribution in [2.45, 2.75) is 24.6 Å². The molecule has 3 nitrogen and oxygen atoms in total. The van der Waals surface area contributed by atoms with Crippen LogP contribution in [0.3, 0.4) is 0 Å². The number of imidazole rings is 1. The summed E-state index contributed by atoms with van der Waals surface area (Å²) >= 11 is 0. The molecule has 0 aliphatic rings. The molecule has 0 amide bonds. The van der Waals surface area contributed by atoms with Crippen LogP contribution in [0.25, 0.3) is 11.0 Å². The maximum absolute atomic E-state index is 13.1. The molecule has 0 spiro atoms. The molecule has 0 bridgehead atoms. The fourth-order valence-electron chi connectivity index (χ4n) is 3.46. The lowest BCUT2D eigenvalue weighted by Crippen LogP contribution is -2.30. The Morgan fingerprint density at radius 1 is 0.862 bits per heavy atom. The van der Waals surface area contributed by atoms with Gasteiger partial charge in [0.1, 0.15) is 5.82 Å². The second kappa shape index (κ2) is 7.04. The summed E-state index contributed by atoms with van der Waals surface area (Å²) in [4.78, 5) is 7.56. The summed E-state index contributed by atoms with van der Waals surface area (Å²) in [5.74, 6) is -1.34. The number of hydrogen-bond donors (Lipinski definition) is 2. The number of halogens is 3. The molecule has 1 atom stereocenters. The van der Waals surface area contributed by atoms with E-state index in [9.17, 15) is 18.3 Å². The van der Waals surface area contributed by atoms with Gasteiger partial charge in [-0.3, -0.25) is 0 Å². The van der Waals surface area contributed by atoms with Crippen molar-refractivity contribution in [1.29, 1.82) is 0 Å². The van der Waals surface area contributed by atoms with Gasteiger partial charge in [0.05, 0.1) is 17.0 Å². The van der Waals surface area contributed by atoms with E-state index >= 15 is 0 Å². The molecule has 1 unspecified atom stereocenters. The summed E-state index contributed by atoms with van der Waals surface area (Å²) < 4.78 is 39.3. The number of aliphatic hydroxyl groups is 1. The Morgan fingerprint density at radius 2 is 1.41 bits per heavy atom. The first-order valence-corrected chi connectivity index (χ1v) is 9.20. The van der Waals surface area contributed by atoms with Crippen LogP contribution >= 0.6 is 0 Å². The zero-order chi connectivity index (χ0) is 20.6. The normalized spacial score (nSPS) is 13.6. The first-order chi connectivity index (χ1) is 13.8. The van der Waals surface area contributed by atoms with Crippen molar-refractivity contribution in [1.82, 2.24) is 9.97 Å². The van der Waals surface area contributed by atoms with Gasteiger partial charge < -0.3 is 10.1 Å². The Kier molecular flexibility index (Phi) is 4.67. The molecule has 0 radical (unpaired) electrons. The van der Waals surface area contributed by atoms with Crippen LogP contribution in [0.2, 0.25) is 0 Å². The van der Waals surface area contributed by atoms with E-state index in [2.05, 4.69) is 9.97 Å². The van der Waals surface area contributed by atoms with Crippen molar-refractivity contribution in [3.05, 3.63) is 101 Å². The minimum absolute atomic E-state index is 0.142. The average molecular weight is 396 g/mol. The molecule has 0 fully saturated rings. The number of nitrogens with zero attached hydrogens (tertiary/aromatic N) is 1. The van der Waals surface area contributed by atoms with Gasteiger partial charge in [0.2, 0.25) is 0 Å². The van der Waals surface area contributed by atoms with E-state index in [0.29, 0.717) is 22.2 Å². The molecule has 0 saturated carbocycles. The number of aromatic amines is 1. The number of aromatic nitrogens is 2. The van der Waals surface area contributed by atoms with Gasteiger partial charge in [-0.05, 0) is 35.7 Å². The molecule has 1 heterocycles. The van der Waals surface area contributed by atoms with Crippen LogP contribution in [0.4, 0.5) is 13.2 Å². The predicted octanol–water partition coefficient (Wildman–Crippen LogP) is 5.51. The average Bonchev–Trinajstić information content (AvgIpc) is 3.17. The first-order valence-electron chi connectivity index (χ1n) is 9.20. The predicted molar refractivity (Wildman–Crippen MR) is 106 cm³/mol. The number of H-pyrrole nitrogens is 1. The zero-order valence-electron chi connectivity index (χ0n) is 15.6. The molecule has 4 rings (SSSR count). The van der Waals surface area contributed by atoms with Gasteiger partial charge in [0.25, 0.3) is 0 Å². The minimum atomic E-state index is -4.33. The standard InChI is InChI=1S/C23H19F3N2O/c1-15(23(24,25)26)16-12-13-19-20(14-16)28-21(27-19)22(29,17-8-4-2-5-9-17)18-10-6-3-7-11-18/h2-15,29H,1H3,(H,27,28). The lowest BCUT2D eigenvalue weighted by atomic mass is 9.85. The summed E-state index contributed by atoms with van der Waals surface area (Å²) in [6, 6.07) is 22.5. The fraction of sp³-hybridized carbons (Fsp3) is 0.174. The van der Waals surface area contributed by atoms with Crippen molar-refractivity contribution >= 4 is 11.0 Å². The molecular formula is C23H19F3N2O. The molecule has 0 saturated heterocycles. The van der Waals surface area contributed by atoms with E-state index in [1.54, 1.807) is 30.3 Å². The number of alkyl halides is 3.